The summed E-state index contributed by atoms with van der Waals surface area (Å²) in [4.78, 5) is 5.15. The van der Waals surface area contributed by atoms with E-state index in [1.54, 1.807) is 0 Å². The zero-order valence-electron chi connectivity index (χ0n) is 40.1. The summed E-state index contributed by atoms with van der Waals surface area (Å²) in [6.45, 7) is 18.1. The molecule has 10 aromatic rings. The van der Waals surface area contributed by atoms with Gasteiger partial charge in [0.2, 0.25) is 0 Å². The molecule has 0 aliphatic heterocycles. The summed E-state index contributed by atoms with van der Waals surface area (Å²) >= 11 is 0. The van der Waals surface area contributed by atoms with Crippen LogP contribution >= 0.6 is 0 Å². The van der Waals surface area contributed by atoms with E-state index in [0.29, 0.717) is 23.7 Å². The van der Waals surface area contributed by atoms with Crippen LogP contribution in [0.3, 0.4) is 0 Å². The van der Waals surface area contributed by atoms with Crippen LogP contribution in [-0.2, 0) is 26.5 Å². The Morgan fingerprint density at radius 2 is 1.07 bits per heavy atom. The van der Waals surface area contributed by atoms with Crippen molar-refractivity contribution in [2.24, 2.45) is 0 Å². The first-order chi connectivity index (χ1) is 32.6. The number of para-hydroxylation sites is 2. The molecule has 0 saturated carbocycles. The minimum atomic E-state index is -0.852. The summed E-state index contributed by atoms with van der Waals surface area (Å²) in [5, 5.41) is 11.7. The molecule has 0 N–H and O–H groups in total. The predicted octanol–water partition coefficient (Wildman–Crippen LogP) is 15.6. The molecule has 6 heteroatoms. The standard InChI is InChI=1S/C62H57N5.Pt/c1-40(2)50-27-18-28-51(41(3)4)59(50)44-34-35-63-58(37-44)67-56-31-16-15-26-54(56)55-33-32-49(38-57(55)67)62(46-21-11-9-12-22-46,47-23-13-10-14-24-47)48-25-17-20-45(36-48)61-65-64-39-66(61)60-52(42(5)6)29-19-30-53(60)43(7)8;/h9-35,37,39-43H,1-8H3;/q-2;+2. The SMILES string of the molecule is CC(C)c1cccc(C(C)C)c1-c1ccnc(-n2c3[c-]c(C(c4[c-]c(-c5nncn5-c5c(C(C)C)cccc5C(C)C)ccc4)(c4ccccc4)c4ccccc4)ccc3c3ccccc32)c1.[Pt+2]. The Hall–Kier alpha value is -6.68. The smallest absolute Gasteiger partial charge is 0.322 e. The van der Waals surface area contributed by atoms with Gasteiger partial charge in [-0.2, -0.15) is 23.3 Å². The molecule has 0 aliphatic rings. The maximum absolute atomic E-state index is 5.15. The van der Waals surface area contributed by atoms with Crippen LogP contribution in [0, 0.1) is 12.1 Å². The molecule has 340 valence electrons. The number of hydrogen-bond donors (Lipinski definition) is 0. The third-order valence-corrected chi connectivity index (χ3v) is 13.6. The first-order valence-electron chi connectivity index (χ1n) is 23.8. The van der Waals surface area contributed by atoms with Crippen molar-refractivity contribution in [1.82, 2.24) is 24.3 Å². The molecule has 3 aromatic heterocycles. The molecule has 0 aliphatic carbocycles. The van der Waals surface area contributed by atoms with Gasteiger partial charge in [0.25, 0.3) is 0 Å². The summed E-state index contributed by atoms with van der Waals surface area (Å²) < 4.78 is 4.49. The summed E-state index contributed by atoms with van der Waals surface area (Å²) in [7, 11) is 0. The molecule has 3 heterocycles. The van der Waals surface area contributed by atoms with E-state index < -0.39 is 5.41 Å². The molecule has 0 bridgehead atoms. The van der Waals surface area contributed by atoms with Crippen molar-refractivity contribution in [2.45, 2.75) is 84.5 Å². The Bertz CT molecular complexity index is 3290. The number of nitrogens with zero attached hydrogens (tertiary/aromatic N) is 5. The average molecular weight is 1070 g/mol. The molecule has 7 aromatic carbocycles. The maximum Gasteiger partial charge on any atom is 2.00 e. The molecule has 68 heavy (non-hydrogen) atoms. The van der Waals surface area contributed by atoms with Crippen LogP contribution < -0.4 is 0 Å². The normalized spacial score (nSPS) is 11.9. The summed E-state index contributed by atoms with van der Waals surface area (Å²) in [6, 6.07) is 67.3. The Morgan fingerprint density at radius 3 is 1.69 bits per heavy atom. The second-order valence-corrected chi connectivity index (χ2v) is 19.1. The van der Waals surface area contributed by atoms with E-state index in [2.05, 4.69) is 246 Å². The van der Waals surface area contributed by atoms with Crippen LogP contribution in [0.15, 0.2) is 176 Å². The monoisotopic (exact) mass is 1070 g/mol. The fraction of sp³-hybridized carbons (Fsp3) is 0.210. The second-order valence-electron chi connectivity index (χ2n) is 19.1. The van der Waals surface area contributed by atoms with Crippen LogP contribution in [0.1, 0.15) is 124 Å². The summed E-state index contributed by atoms with van der Waals surface area (Å²) in [6.07, 6.45) is 3.83. The minimum Gasteiger partial charge on any atom is -0.322 e. The van der Waals surface area contributed by atoms with Crippen molar-refractivity contribution in [3.05, 3.63) is 233 Å². The molecule has 0 saturated heterocycles. The van der Waals surface area contributed by atoms with Gasteiger partial charge in [0.15, 0.2) is 0 Å². The average Bonchev–Trinajstić information content (AvgIpc) is 3.98. The van der Waals surface area contributed by atoms with Crippen molar-refractivity contribution in [3.63, 3.8) is 0 Å². The van der Waals surface area contributed by atoms with Crippen LogP contribution in [0.2, 0.25) is 0 Å². The van der Waals surface area contributed by atoms with Gasteiger partial charge in [-0.25, -0.2) is 4.98 Å². The third-order valence-electron chi connectivity index (χ3n) is 13.6. The van der Waals surface area contributed by atoms with Gasteiger partial charge < -0.3 is 9.13 Å². The molecular weight excluding hydrogens is 1010 g/mol. The maximum atomic E-state index is 5.15. The quantitative estimate of drug-likeness (QED) is 0.0905. The summed E-state index contributed by atoms with van der Waals surface area (Å²) in [5.41, 5.74) is 15.0. The van der Waals surface area contributed by atoms with E-state index in [1.807, 2.05) is 12.5 Å². The molecule has 0 spiro atoms. The van der Waals surface area contributed by atoms with Crippen LogP contribution in [0.5, 0.6) is 0 Å². The molecular formula is C62H57N5Pt. The van der Waals surface area contributed by atoms with E-state index in [9.17, 15) is 0 Å². The summed E-state index contributed by atoms with van der Waals surface area (Å²) in [5.74, 6) is 2.92. The first kappa shape index (κ1) is 46.4. The largest absolute Gasteiger partial charge is 2.00 e. The Balaban J connectivity index is 0.00000578. The van der Waals surface area contributed by atoms with Crippen LogP contribution in [0.4, 0.5) is 0 Å². The van der Waals surface area contributed by atoms with E-state index in [1.165, 1.54) is 33.4 Å². The molecule has 0 unspecified atom stereocenters. The topological polar surface area (TPSA) is 48.5 Å². The van der Waals surface area contributed by atoms with Crippen molar-refractivity contribution in [1.29, 1.82) is 0 Å². The number of aromatic nitrogens is 5. The Kier molecular flexibility index (Phi) is 13.1. The molecule has 0 fully saturated rings. The van der Waals surface area contributed by atoms with Gasteiger partial charge in [0, 0.05) is 22.8 Å². The van der Waals surface area contributed by atoms with Gasteiger partial charge in [-0.1, -0.05) is 176 Å². The molecule has 5 nitrogen and oxygen atoms in total. The van der Waals surface area contributed by atoms with Crippen LogP contribution in [0.25, 0.3) is 55.8 Å². The Morgan fingerprint density at radius 1 is 0.515 bits per heavy atom. The molecule has 0 radical (unpaired) electrons. The fourth-order valence-electron chi connectivity index (χ4n) is 10.4. The number of rotatable bonds is 12. The third kappa shape index (κ3) is 7.95. The minimum absolute atomic E-state index is 0. The van der Waals surface area contributed by atoms with Gasteiger partial charge in [-0.15, -0.1) is 51.4 Å². The Labute approximate surface area is 416 Å². The zero-order chi connectivity index (χ0) is 46.4. The first-order valence-corrected chi connectivity index (χ1v) is 23.8. The van der Waals surface area contributed by atoms with E-state index in [-0.39, 0.29) is 21.1 Å². The number of benzene rings is 7. The van der Waals surface area contributed by atoms with Gasteiger partial charge in [0.1, 0.15) is 12.1 Å². The van der Waals surface area contributed by atoms with E-state index >= 15 is 0 Å². The molecule has 0 atom stereocenters. The van der Waals surface area contributed by atoms with Crippen molar-refractivity contribution in [3.8, 4) is 34.0 Å². The van der Waals surface area contributed by atoms with Gasteiger partial charge in [-0.3, -0.25) is 0 Å². The van der Waals surface area contributed by atoms with E-state index in [0.717, 1.165) is 67.0 Å². The van der Waals surface area contributed by atoms with E-state index in [4.69, 9.17) is 10.1 Å². The molecule has 10 rings (SSSR count). The number of fused-ring (bicyclic) bond motifs is 3. The van der Waals surface area contributed by atoms with Crippen molar-refractivity contribution < 1.29 is 21.1 Å². The second kappa shape index (κ2) is 19.1. The van der Waals surface area contributed by atoms with Crippen molar-refractivity contribution >= 4 is 21.8 Å². The van der Waals surface area contributed by atoms with Crippen LogP contribution in [-0.4, -0.2) is 24.3 Å². The number of pyridine rings is 1. The van der Waals surface area contributed by atoms with Gasteiger partial charge >= 0.3 is 21.1 Å². The number of hydrogen-bond acceptors (Lipinski definition) is 3. The fourth-order valence-corrected chi connectivity index (χ4v) is 10.4. The van der Waals surface area contributed by atoms with Crippen molar-refractivity contribution in [2.75, 3.05) is 0 Å². The zero-order valence-corrected chi connectivity index (χ0v) is 42.4. The predicted molar refractivity (Wildman–Crippen MR) is 277 cm³/mol. The molecule has 0 amide bonds. The van der Waals surface area contributed by atoms with Gasteiger partial charge in [0.05, 0.1) is 5.82 Å². The van der Waals surface area contributed by atoms with Gasteiger partial charge in [-0.05, 0) is 91.8 Å².